The number of hydrogen-bond donors (Lipinski definition) is 0. The van der Waals surface area contributed by atoms with Crippen molar-refractivity contribution in [3.8, 4) is 5.75 Å². The molecule has 0 amide bonds. The van der Waals surface area contributed by atoms with Crippen LogP contribution in [0.4, 0.5) is 0 Å². The zero-order chi connectivity index (χ0) is 19.2. The summed E-state index contributed by atoms with van der Waals surface area (Å²) in [6.07, 6.45) is 5.96. The van der Waals surface area contributed by atoms with Gasteiger partial charge < -0.3 is 9.15 Å². The van der Waals surface area contributed by atoms with E-state index in [-0.39, 0.29) is 5.78 Å². The summed E-state index contributed by atoms with van der Waals surface area (Å²) in [5.74, 6) is 2.04. The highest BCUT2D eigenvalue weighted by Crippen LogP contribution is 2.17. The standard InChI is InChI=1S/C22H24N2O3/c1-4-17-6-8-18(9-7-17)26-15-20-11-10-19(27-20)12-13-22(25)21-14-24(5-2)23-16(21)3/h6-14H,4-5,15H2,1-3H3/b13-12+. The van der Waals surface area contributed by atoms with Gasteiger partial charge in [-0.3, -0.25) is 9.48 Å². The van der Waals surface area contributed by atoms with Crippen LogP contribution >= 0.6 is 0 Å². The summed E-state index contributed by atoms with van der Waals surface area (Å²) in [6, 6.07) is 11.7. The predicted molar refractivity (Wildman–Crippen MR) is 105 cm³/mol. The lowest BCUT2D eigenvalue weighted by molar-refractivity contribution is 0.104. The molecule has 5 nitrogen and oxygen atoms in total. The highest BCUT2D eigenvalue weighted by Gasteiger charge is 2.10. The van der Waals surface area contributed by atoms with Gasteiger partial charge in [0, 0.05) is 12.7 Å². The van der Waals surface area contributed by atoms with E-state index in [9.17, 15) is 4.79 Å². The molecule has 27 heavy (non-hydrogen) atoms. The van der Waals surface area contributed by atoms with E-state index in [0.29, 0.717) is 23.7 Å². The summed E-state index contributed by atoms with van der Waals surface area (Å²) in [5.41, 5.74) is 2.62. The van der Waals surface area contributed by atoms with Crippen LogP contribution in [0.5, 0.6) is 5.75 Å². The first-order valence-electron chi connectivity index (χ1n) is 9.16. The van der Waals surface area contributed by atoms with Crippen LogP contribution in [0.15, 0.2) is 53.1 Å². The minimum atomic E-state index is -0.0857. The van der Waals surface area contributed by atoms with Gasteiger partial charge in [-0.2, -0.15) is 5.10 Å². The van der Waals surface area contributed by atoms with Crippen LogP contribution < -0.4 is 4.74 Å². The molecule has 0 fully saturated rings. The highest BCUT2D eigenvalue weighted by atomic mass is 16.5. The number of carbonyl (C=O) groups is 1. The molecule has 1 aromatic carbocycles. The van der Waals surface area contributed by atoms with Crippen molar-refractivity contribution in [2.75, 3.05) is 0 Å². The molecule has 2 heterocycles. The molecule has 0 saturated heterocycles. The van der Waals surface area contributed by atoms with E-state index in [1.165, 1.54) is 11.6 Å². The van der Waals surface area contributed by atoms with Crippen LogP contribution in [-0.4, -0.2) is 15.6 Å². The Morgan fingerprint density at radius 2 is 1.96 bits per heavy atom. The molecular weight excluding hydrogens is 340 g/mol. The predicted octanol–water partition coefficient (Wildman–Crippen LogP) is 4.84. The zero-order valence-corrected chi connectivity index (χ0v) is 15.9. The fourth-order valence-electron chi connectivity index (χ4n) is 2.71. The summed E-state index contributed by atoms with van der Waals surface area (Å²) >= 11 is 0. The van der Waals surface area contributed by atoms with Gasteiger partial charge in [0.05, 0.1) is 11.3 Å². The van der Waals surface area contributed by atoms with E-state index in [0.717, 1.165) is 24.4 Å². The first-order chi connectivity index (χ1) is 13.1. The number of ether oxygens (including phenoxy) is 1. The summed E-state index contributed by atoms with van der Waals surface area (Å²) in [7, 11) is 0. The van der Waals surface area contributed by atoms with Crippen LogP contribution in [0.3, 0.4) is 0 Å². The Morgan fingerprint density at radius 3 is 2.63 bits per heavy atom. The number of nitrogens with zero attached hydrogens (tertiary/aromatic N) is 2. The summed E-state index contributed by atoms with van der Waals surface area (Å²) in [6.45, 7) is 7.02. The molecule has 0 unspecified atom stereocenters. The van der Waals surface area contributed by atoms with E-state index in [1.54, 1.807) is 17.0 Å². The van der Waals surface area contributed by atoms with Crippen molar-refractivity contribution in [1.82, 2.24) is 9.78 Å². The number of aryl methyl sites for hydroxylation is 3. The average Bonchev–Trinajstić information content (AvgIpc) is 3.31. The van der Waals surface area contributed by atoms with Crippen LogP contribution in [0, 0.1) is 6.92 Å². The number of rotatable bonds is 8. The van der Waals surface area contributed by atoms with Crippen molar-refractivity contribution in [3.63, 3.8) is 0 Å². The number of benzene rings is 1. The summed E-state index contributed by atoms with van der Waals surface area (Å²) in [5, 5.41) is 4.30. The topological polar surface area (TPSA) is 57.3 Å². The van der Waals surface area contributed by atoms with Gasteiger partial charge in [-0.1, -0.05) is 19.1 Å². The largest absolute Gasteiger partial charge is 0.486 e. The van der Waals surface area contributed by atoms with Crippen molar-refractivity contribution in [2.45, 2.75) is 40.3 Å². The van der Waals surface area contributed by atoms with Gasteiger partial charge in [0.25, 0.3) is 0 Å². The molecule has 2 aromatic heterocycles. The Morgan fingerprint density at radius 1 is 1.19 bits per heavy atom. The first-order valence-corrected chi connectivity index (χ1v) is 9.16. The molecule has 5 heteroatoms. The Kier molecular flexibility index (Phi) is 5.91. The number of ketones is 1. The Labute approximate surface area is 159 Å². The maximum absolute atomic E-state index is 12.3. The monoisotopic (exact) mass is 364 g/mol. The SMILES string of the molecule is CCc1ccc(OCc2ccc(/C=C/C(=O)c3cn(CC)nc3C)o2)cc1. The molecule has 0 bridgehead atoms. The van der Waals surface area contributed by atoms with Gasteiger partial charge >= 0.3 is 0 Å². The van der Waals surface area contributed by atoms with Gasteiger partial charge in [0.2, 0.25) is 0 Å². The lowest BCUT2D eigenvalue weighted by atomic mass is 10.1. The molecule has 0 spiro atoms. The number of aromatic nitrogens is 2. The Bertz CT molecular complexity index is 933. The van der Waals surface area contributed by atoms with Crippen molar-refractivity contribution in [2.24, 2.45) is 0 Å². The van der Waals surface area contributed by atoms with Crippen molar-refractivity contribution < 1.29 is 13.9 Å². The third kappa shape index (κ3) is 4.76. The highest BCUT2D eigenvalue weighted by molar-refractivity contribution is 6.07. The van der Waals surface area contributed by atoms with Crippen LogP contribution in [0.2, 0.25) is 0 Å². The lowest BCUT2D eigenvalue weighted by Gasteiger charge is -2.04. The van der Waals surface area contributed by atoms with Crippen LogP contribution in [-0.2, 0) is 19.6 Å². The first kappa shape index (κ1) is 18.7. The van der Waals surface area contributed by atoms with Crippen molar-refractivity contribution >= 4 is 11.9 Å². The molecule has 0 aliphatic carbocycles. The van der Waals surface area contributed by atoms with E-state index in [1.807, 2.05) is 38.1 Å². The normalized spacial score (nSPS) is 11.2. The van der Waals surface area contributed by atoms with Crippen molar-refractivity contribution in [3.05, 3.63) is 77.0 Å². The molecule has 3 aromatic rings. The second-order valence-corrected chi connectivity index (χ2v) is 6.27. The van der Waals surface area contributed by atoms with E-state index in [4.69, 9.17) is 9.15 Å². The molecule has 0 aliphatic heterocycles. The van der Waals surface area contributed by atoms with E-state index >= 15 is 0 Å². The number of furan rings is 1. The van der Waals surface area contributed by atoms with Gasteiger partial charge in [0.15, 0.2) is 5.78 Å². The molecular formula is C22H24N2O3. The number of carbonyl (C=O) groups excluding carboxylic acids is 1. The minimum absolute atomic E-state index is 0.0857. The molecule has 3 rings (SSSR count). The minimum Gasteiger partial charge on any atom is -0.486 e. The molecule has 0 radical (unpaired) electrons. The van der Waals surface area contributed by atoms with Crippen LogP contribution in [0.1, 0.15) is 47.0 Å². The molecule has 0 atom stereocenters. The Balaban J connectivity index is 1.58. The van der Waals surface area contributed by atoms with E-state index < -0.39 is 0 Å². The van der Waals surface area contributed by atoms with Crippen LogP contribution in [0.25, 0.3) is 6.08 Å². The smallest absolute Gasteiger partial charge is 0.189 e. The second-order valence-electron chi connectivity index (χ2n) is 6.27. The van der Waals surface area contributed by atoms with Gasteiger partial charge in [-0.05, 0) is 62.2 Å². The fourth-order valence-corrected chi connectivity index (χ4v) is 2.71. The second kappa shape index (κ2) is 8.54. The molecule has 0 N–H and O–H groups in total. The summed E-state index contributed by atoms with van der Waals surface area (Å²) in [4.78, 5) is 12.3. The molecule has 0 aliphatic rings. The van der Waals surface area contributed by atoms with Gasteiger partial charge in [-0.25, -0.2) is 0 Å². The zero-order valence-electron chi connectivity index (χ0n) is 15.9. The fraction of sp³-hybridized carbons (Fsp3) is 0.273. The quantitative estimate of drug-likeness (QED) is 0.424. The summed E-state index contributed by atoms with van der Waals surface area (Å²) < 4.78 is 13.2. The number of hydrogen-bond acceptors (Lipinski definition) is 4. The van der Waals surface area contributed by atoms with Gasteiger partial charge in [-0.15, -0.1) is 0 Å². The van der Waals surface area contributed by atoms with Gasteiger partial charge in [0.1, 0.15) is 23.9 Å². The third-order valence-electron chi connectivity index (χ3n) is 4.33. The third-order valence-corrected chi connectivity index (χ3v) is 4.33. The average molecular weight is 364 g/mol. The molecule has 140 valence electrons. The lowest BCUT2D eigenvalue weighted by Crippen LogP contribution is -1.95. The number of allylic oxidation sites excluding steroid dienone is 1. The molecule has 0 saturated carbocycles. The Hall–Kier alpha value is -3.08. The maximum atomic E-state index is 12.3. The van der Waals surface area contributed by atoms with E-state index in [2.05, 4.69) is 24.2 Å². The maximum Gasteiger partial charge on any atom is 0.189 e. The van der Waals surface area contributed by atoms with Crippen molar-refractivity contribution in [1.29, 1.82) is 0 Å².